The summed E-state index contributed by atoms with van der Waals surface area (Å²) in [7, 11) is 0. The molecule has 1 aliphatic rings. The van der Waals surface area contributed by atoms with Gasteiger partial charge in [0.25, 0.3) is 0 Å². The Hall–Kier alpha value is -1.88. The highest BCUT2D eigenvalue weighted by Gasteiger charge is 2.27. The molecule has 0 bridgehead atoms. The van der Waals surface area contributed by atoms with Crippen LogP contribution in [0.15, 0.2) is 29.6 Å². The first kappa shape index (κ1) is 17.0. The van der Waals surface area contributed by atoms with Gasteiger partial charge >= 0.3 is 0 Å². The van der Waals surface area contributed by atoms with E-state index in [4.69, 9.17) is 0 Å². The number of nitrogens with zero attached hydrogens (tertiary/aromatic N) is 2. The van der Waals surface area contributed by atoms with Crippen molar-refractivity contribution in [1.29, 1.82) is 0 Å². The summed E-state index contributed by atoms with van der Waals surface area (Å²) >= 11 is 1.63. The van der Waals surface area contributed by atoms with Gasteiger partial charge in [-0.1, -0.05) is 26.0 Å². The van der Waals surface area contributed by atoms with Gasteiger partial charge in [0, 0.05) is 24.4 Å². The van der Waals surface area contributed by atoms with Crippen molar-refractivity contribution in [1.82, 2.24) is 9.88 Å². The average molecular weight is 344 g/mol. The van der Waals surface area contributed by atoms with E-state index in [0.717, 1.165) is 22.8 Å². The number of carbonyl (C=O) groups is 1. The zero-order valence-electron chi connectivity index (χ0n) is 14.2. The lowest BCUT2D eigenvalue weighted by Crippen LogP contribution is -2.33. The second-order valence-electron chi connectivity index (χ2n) is 6.90. The van der Waals surface area contributed by atoms with Gasteiger partial charge in [-0.05, 0) is 36.5 Å². The Morgan fingerprint density at radius 2 is 2.21 bits per heavy atom. The highest BCUT2D eigenvalue weighted by molar-refractivity contribution is 7.09. The topological polar surface area (TPSA) is 53.4 Å². The molecule has 1 fully saturated rings. The molecule has 3 rings (SSSR count). The summed E-state index contributed by atoms with van der Waals surface area (Å²) in [6.07, 6.45) is 2.77. The van der Waals surface area contributed by atoms with Gasteiger partial charge in [0.2, 0.25) is 5.91 Å². The Balaban J connectivity index is 1.68. The maximum absolute atomic E-state index is 12.8. The normalized spacial score (nSPS) is 14.1. The summed E-state index contributed by atoms with van der Waals surface area (Å²) in [6, 6.07) is 7.15. The van der Waals surface area contributed by atoms with Crippen LogP contribution in [0.3, 0.4) is 0 Å². The van der Waals surface area contributed by atoms with Gasteiger partial charge < -0.3 is 10.0 Å². The molecule has 128 valence electrons. The number of phenols is 1. The number of hydrogen-bond acceptors (Lipinski definition) is 4. The number of aromatic nitrogens is 1. The summed E-state index contributed by atoms with van der Waals surface area (Å²) in [5.74, 6) is 1.39. The van der Waals surface area contributed by atoms with E-state index in [1.807, 2.05) is 22.4 Å². The van der Waals surface area contributed by atoms with Gasteiger partial charge in [0.15, 0.2) is 0 Å². The maximum atomic E-state index is 12.8. The SMILES string of the molecule is CC(C)c1nc(CC(=O)N(Cc2cccc(O)c2)CC2CC2)cs1. The molecule has 0 aliphatic heterocycles. The first-order chi connectivity index (χ1) is 11.5. The lowest BCUT2D eigenvalue weighted by Gasteiger charge is -2.22. The minimum atomic E-state index is 0.117. The monoisotopic (exact) mass is 344 g/mol. The Labute approximate surface area is 147 Å². The van der Waals surface area contributed by atoms with Crippen molar-refractivity contribution in [2.24, 2.45) is 5.92 Å². The average Bonchev–Trinajstić information content (AvgIpc) is 3.22. The molecule has 1 amide bonds. The molecule has 1 saturated carbocycles. The highest BCUT2D eigenvalue weighted by atomic mass is 32.1. The van der Waals surface area contributed by atoms with Gasteiger partial charge in [0.1, 0.15) is 5.75 Å². The minimum absolute atomic E-state index is 0.117. The van der Waals surface area contributed by atoms with Gasteiger partial charge in [-0.3, -0.25) is 4.79 Å². The molecule has 0 radical (unpaired) electrons. The van der Waals surface area contributed by atoms with E-state index >= 15 is 0 Å². The molecule has 1 aliphatic carbocycles. The van der Waals surface area contributed by atoms with Crippen molar-refractivity contribution in [3.8, 4) is 5.75 Å². The quantitative estimate of drug-likeness (QED) is 0.827. The fourth-order valence-electron chi connectivity index (χ4n) is 2.68. The van der Waals surface area contributed by atoms with Crippen LogP contribution in [0.5, 0.6) is 5.75 Å². The number of amides is 1. The lowest BCUT2D eigenvalue weighted by atomic mass is 10.1. The fraction of sp³-hybridized carbons (Fsp3) is 0.474. The molecule has 2 aromatic rings. The van der Waals surface area contributed by atoms with Crippen molar-refractivity contribution in [2.75, 3.05) is 6.54 Å². The van der Waals surface area contributed by atoms with Crippen molar-refractivity contribution in [3.63, 3.8) is 0 Å². The number of phenolic OH excluding ortho intramolecular Hbond substituents is 1. The third-order valence-electron chi connectivity index (χ3n) is 4.21. The van der Waals surface area contributed by atoms with Crippen LogP contribution >= 0.6 is 11.3 Å². The third kappa shape index (κ3) is 4.57. The van der Waals surface area contributed by atoms with E-state index < -0.39 is 0 Å². The van der Waals surface area contributed by atoms with Gasteiger partial charge in [-0.2, -0.15) is 0 Å². The predicted octanol–water partition coefficient (Wildman–Crippen LogP) is 3.95. The molecule has 1 N–H and O–H groups in total. The number of aromatic hydroxyl groups is 1. The van der Waals surface area contributed by atoms with Crippen LogP contribution in [0.2, 0.25) is 0 Å². The first-order valence-electron chi connectivity index (χ1n) is 8.51. The van der Waals surface area contributed by atoms with E-state index in [9.17, 15) is 9.90 Å². The summed E-state index contributed by atoms with van der Waals surface area (Å²) < 4.78 is 0. The van der Waals surface area contributed by atoms with E-state index in [-0.39, 0.29) is 11.7 Å². The largest absolute Gasteiger partial charge is 0.508 e. The van der Waals surface area contributed by atoms with Crippen LogP contribution in [0.25, 0.3) is 0 Å². The van der Waals surface area contributed by atoms with E-state index in [2.05, 4.69) is 18.8 Å². The third-order valence-corrected chi connectivity index (χ3v) is 5.40. The standard InChI is InChI=1S/C19H24N2O2S/c1-13(2)19-20-16(12-24-19)9-18(23)21(10-14-6-7-14)11-15-4-3-5-17(22)8-15/h3-5,8,12-14,22H,6-7,9-11H2,1-2H3. The van der Waals surface area contributed by atoms with Gasteiger partial charge in [-0.25, -0.2) is 4.98 Å². The molecule has 1 aromatic carbocycles. The molecular weight excluding hydrogens is 320 g/mol. The molecule has 4 nitrogen and oxygen atoms in total. The summed E-state index contributed by atoms with van der Waals surface area (Å²) in [5, 5.41) is 12.7. The molecule has 1 heterocycles. The summed E-state index contributed by atoms with van der Waals surface area (Å²) in [4.78, 5) is 19.3. The minimum Gasteiger partial charge on any atom is -0.508 e. The number of rotatable bonds is 7. The first-order valence-corrected chi connectivity index (χ1v) is 9.39. The number of hydrogen-bond donors (Lipinski definition) is 1. The van der Waals surface area contributed by atoms with Crippen molar-refractivity contribution < 1.29 is 9.90 Å². The number of thiazole rings is 1. The van der Waals surface area contributed by atoms with Gasteiger partial charge in [0.05, 0.1) is 17.1 Å². The van der Waals surface area contributed by atoms with Crippen molar-refractivity contribution >= 4 is 17.2 Å². The zero-order chi connectivity index (χ0) is 17.1. The number of carbonyl (C=O) groups excluding carboxylic acids is 1. The second-order valence-corrected chi connectivity index (χ2v) is 7.79. The van der Waals surface area contributed by atoms with E-state index in [0.29, 0.717) is 24.8 Å². The molecule has 1 aromatic heterocycles. The highest BCUT2D eigenvalue weighted by Crippen LogP contribution is 2.30. The molecular formula is C19H24N2O2S. The Morgan fingerprint density at radius 3 is 2.83 bits per heavy atom. The lowest BCUT2D eigenvalue weighted by molar-refractivity contribution is -0.131. The van der Waals surface area contributed by atoms with Crippen molar-refractivity contribution in [2.45, 2.75) is 45.6 Å². The van der Waals surface area contributed by atoms with Crippen LogP contribution in [-0.4, -0.2) is 27.4 Å². The van der Waals surface area contributed by atoms with Crippen LogP contribution in [0.4, 0.5) is 0 Å². The maximum Gasteiger partial charge on any atom is 0.228 e. The Kier molecular flexibility index (Phi) is 5.19. The second kappa shape index (κ2) is 7.34. The van der Waals surface area contributed by atoms with Crippen LogP contribution in [0.1, 0.15) is 48.9 Å². The Morgan fingerprint density at radius 1 is 1.42 bits per heavy atom. The van der Waals surface area contributed by atoms with Crippen LogP contribution in [-0.2, 0) is 17.8 Å². The smallest absolute Gasteiger partial charge is 0.228 e. The summed E-state index contributed by atoms with van der Waals surface area (Å²) in [6.45, 7) is 5.58. The van der Waals surface area contributed by atoms with Crippen LogP contribution in [0, 0.1) is 5.92 Å². The van der Waals surface area contributed by atoms with E-state index in [1.165, 1.54) is 12.8 Å². The fourth-order valence-corrected chi connectivity index (χ4v) is 3.51. The predicted molar refractivity (Wildman–Crippen MR) is 96.2 cm³/mol. The molecule has 0 spiro atoms. The zero-order valence-corrected chi connectivity index (χ0v) is 15.1. The Bertz CT molecular complexity index is 707. The molecule has 24 heavy (non-hydrogen) atoms. The molecule has 0 unspecified atom stereocenters. The number of benzene rings is 1. The van der Waals surface area contributed by atoms with Crippen LogP contribution < -0.4 is 0 Å². The summed E-state index contributed by atoms with van der Waals surface area (Å²) in [5.41, 5.74) is 1.83. The molecule has 0 atom stereocenters. The van der Waals surface area contributed by atoms with Gasteiger partial charge in [-0.15, -0.1) is 11.3 Å². The molecule has 0 saturated heterocycles. The van der Waals surface area contributed by atoms with Crippen molar-refractivity contribution in [3.05, 3.63) is 45.9 Å². The molecule has 5 heteroatoms. The van der Waals surface area contributed by atoms with E-state index in [1.54, 1.807) is 23.5 Å².